The maximum atomic E-state index is 2.38. The van der Waals surface area contributed by atoms with Gasteiger partial charge in [-0.3, -0.25) is 0 Å². The largest absolute Gasteiger partial charge is 0.311 e. The van der Waals surface area contributed by atoms with Crippen molar-refractivity contribution in [1.82, 2.24) is 4.57 Å². The predicted octanol–water partition coefficient (Wildman–Crippen LogP) is 18.6. The summed E-state index contributed by atoms with van der Waals surface area (Å²) in [5.41, 5.74) is 17.8. The van der Waals surface area contributed by atoms with Gasteiger partial charge in [0.2, 0.25) is 0 Å². The fraction of sp³-hybridized carbons (Fsp3) is 0.0476. The number of hydrogen-bond donors (Lipinski definition) is 0. The number of hydrogen-bond acceptors (Lipinski definition) is 2. The summed E-state index contributed by atoms with van der Waals surface area (Å²) in [4.78, 5) is 2.37. The first-order valence-corrected chi connectivity index (χ1v) is 23.7. The summed E-state index contributed by atoms with van der Waals surface area (Å²) in [7, 11) is 0. The van der Waals surface area contributed by atoms with Crippen LogP contribution in [0.15, 0.2) is 237 Å². The van der Waals surface area contributed by atoms with E-state index in [1.807, 2.05) is 25.2 Å². The summed E-state index contributed by atoms with van der Waals surface area (Å²) in [6, 6.07) is 86.5. The SMILES string of the molecule is CC.Cc1ccc(-n2c3ccccc3c3cc(-c4ccc(N(c5ccc(-c6cccc(-c7ccccc7)c6)cc5)c5ccc(-c6cccc7c6sc6ccccc67)cc5)cc4)ccc32)cc1. The average Bonchev–Trinajstić information content (AvgIpc) is 3.94. The molecule has 12 rings (SSSR count). The van der Waals surface area contributed by atoms with Crippen molar-refractivity contribution in [3.63, 3.8) is 0 Å². The van der Waals surface area contributed by atoms with Crippen LogP contribution in [0.1, 0.15) is 19.4 Å². The molecule has 2 aromatic heterocycles. The van der Waals surface area contributed by atoms with Crippen LogP contribution in [-0.4, -0.2) is 4.57 Å². The summed E-state index contributed by atoms with van der Waals surface area (Å²) in [5.74, 6) is 0. The van der Waals surface area contributed by atoms with E-state index in [9.17, 15) is 0 Å². The first kappa shape index (κ1) is 40.8. The van der Waals surface area contributed by atoms with Crippen LogP contribution in [0.5, 0.6) is 0 Å². The first-order chi connectivity index (χ1) is 32.6. The van der Waals surface area contributed by atoms with E-state index in [1.54, 1.807) is 0 Å². The summed E-state index contributed by atoms with van der Waals surface area (Å²) < 4.78 is 5.03. The number of aryl methyl sites for hydroxylation is 1. The van der Waals surface area contributed by atoms with E-state index in [-0.39, 0.29) is 0 Å². The third-order valence-electron chi connectivity index (χ3n) is 12.7. The zero-order valence-corrected chi connectivity index (χ0v) is 38.1. The lowest BCUT2D eigenvalue weighted by atomic mass is 9.98. The molecular weight excluding hydrogens is 817 g/mol. The summed E-state index contributed by atoms with van der Waals surface area (Å²) in [6.07, 6.45) is 0. The molecule has 66 heavy (non-hydrogen) atoms. The lowest BCUT2D eigenvalue weighted by molar-refractivity contribution is 1.17. The minimum Gasteiger partial charge on any atom is -0.311 e. The molecule has 2 nitrogen and oxygen atoms in total. The van der Waals surface area contributed by atoms with Gasteiger partial charge in [-0.05, 0) is 130 Å². The van der Waals surface area contributed by atoms with Crippen LogP contribution in [0.2, 0.25) is 0 Å². The van der Waals surface area contributed by atoms with Gasteiger partial charge in [-0.15, -0.1) is 11.3 Å². The smallest absolute Gasteiger partial charge is 0.0541 e. The molecule has 3 heteroatoms. The Balaban J connectivity index is 0.00000238. The number of rotatable bonds is 8. The second-order valence-corrected chi connectivity index (χ2v) is 17.7. The van der Waals surface area contributed by atoms with E-state index in [0.29, 0.717) is 0 Å². The van der Waals surface area contributed by atoms with E-state index in [0.717, 1.165) is 17.1 Å². The standard InChI is InChI=1S/C61H42N2S.C2H6/c1-41-21-30-52(31-22-41)63-58-19-7-5-15-54(58)57-40-48(29-38-59(57)63)44-25-34-50(35-26-44)62(49-32-23-43(24-33-49)47-14-9-13-46(39-47)42-11-3-2-4-12-42)51-36-27-45(28-37-51)53-17-10-18-56-55-16-6-8-20-60(55)64-61(53)56;1-2/h2-40H,1H3;1-2H3. The Morgan fingerprint density at radius 1 is 0.348 bits per heavy atom. The summed E-state index contributed by atoms with van der Waals surface area (Å²) in [6.45, 7) is 6.14. The first-order valence-electron chi connectivity index (χ1n) is 22.9. The summed E-state index contributed by atoms with van der Waals surface area (Å²) in [5, 5.41) is 5.14. The number of anilines is 3. The molecule has 0 aliphatic carbocycles. The van der Waals surface area contributed by atoms with Gasteiger partial charge in [0.25, 0.3) is 0 Å². The van der Waals surface area contributed by atoms with Gasteiger partial charge in [0, 0.05) is 53.7 Å². The van der Waals surface area contributed by atoms with Gasteiger partial charge in [0.05, 0.1) is 11.0 Å². The van der Waals surface area contributed by atoms with Crippen molar-refractivity contribution < 1.29 is 0 Å². The van der Waals surface area contributed by atoms with Gasteiger partial charge in [0.15, 0.2) is 0 Å². The van der Waals surface area contributed by atoms with Gasteiger partial charge in [-0.1, -0.05) is 177 Å². The lowest BCUT2D eigenvalue weighted by Crippen LogP contribution is -2.09. The molecule has 0 saturated carbocycles. The molecule has 2 heterocycles. The van der Waals surface area contributed by atoms with Crippen LogP contribution in [0, 0.1) is 6.92 Å². The molecule has 0 unspecified atom stereocenters. The molecule has 10 aromatic carbocycles. The quantitative estimate of drug-likeness (QED) is 0.148. The van der Waals surface area contributed by atoms with Crippen molar-refractivity contribution >= 4 is 70.4 Å². The number of nitrogens with zero attached hydrogens (tertiary/aromatic N) is 2. The van der Waals surface area contributed by atoms with Crippen molar-refractivity contribution in [2.75, 3.05) is 4.90 Å². The Kier molecular flexibility index (Phi) is 10.8. The fourth-order valence-electron chi connectivity index (χ4n) is 9.45. The monoisotopic (exact) mass is 864 g/mol. The number of benzene rings is 10. The molecular formula is C63H48N2S. The Morgan fingerprint density at radius 3 is 1.50 bits per heavy atom. The molecule has 12 aromatic rings. The lowest BCUT2D eigenvalue weighted by Gasteiger charge is -2.26. The highest BCUT2D eigenvalue weighted by Crippen LogP contribution is 2.43. The molecule has 0 aliphatic heterocycles. The average molecular weight is 865 g/mol. The zero-order chi connectivity index (χ0) is 44.6. The van der Waals surface area contributed by atoms with Gasteiger partial charge >= 0.3 is 0 Å². The van der Waals surface area contributed by atoms with Crippen LogP contribution in [0.25, 0.3) is 92.2 Å². The van der Waals surface area contributed by atoms with Crippen LogP contribution >= 0.6 is 11.3 Å². The summed E-state index contributed by atoms with van der Waals surface area (Å²) >= 11 is 1.88. The van der Waals surface area contributed by atoms with Gasteiger partial charge in [-0.2, -0.15) is 0 Å². The van der Waals surface area contributed by atoms with Crippen molar-refractivity contribution in [2.45, 2.75) is 20.8 Å². The van der Waals surface area contributed by atoms with Crippen molar-refractivity contribution in [3.05, 3.63) is 242 Å². The topological polar surface area (TPSA) is 8.17 Å². The second kappa shape index (κ2) is 17.5. The molecule has 0 fully saturated rings. The maximum Gasteiger partial charge on any atom is 0.0541 e. The highest BCUT2D eigenvalue weighted by molar-refractivity contribution is 7.26. The Hall–Kier alpha value is -7.98. The Morgan fingerprint density at radius 2 is 0.833 bits per heavy atom. The van der Waals surface area contributed by atoms with Gasteiger partial charge in [0.1, 0.15) is 0 Å². The van der Waals surface area contributed by atoms with Crippen molar-refractivity contribution in [1.29, 1.82) is 0 Å². The molecule has 0 N–H and O–H groups in total. The minimum atomic E-state index is 1.10. The van der Waals surface area contributed by atoms with E-state index >= 15 is 0 Å². The number of aromatic nitrogens is 1. The normalized spacial score (nSPS) is 11.3. The predicted molar refractivity (Wildman–Crippen MR) is 286 cm³/mol. The number of thiophene rings is 1. The Labute approximate surface area is 390 Å². The zero-order valence-electron chi connectivity index (χ0n) is 37.3. The molecule has 0 spiro atoms. The number of fused-ring (bicyclic) bond motifs is 6. The number of para-hydroxylation sites is 1. The van der Waals surface area contributed by atoms with Crippen LogP contribution in [-0.2, 0) is 0 Å². The fourth-order valence-corrected chi connectivity index (χ4v) is 10.7. The van der Waals surface area contributed by atoms with Crippen molar-refractivity contribution in [3.8, 4) is 50.2 Å². The maximum absolute atomic E-state index is 2.38. The van der Waals surface area contributed by atoms with Gasteiger partial charge in [-0.25, -0.2) is 0 Å². The van der Waals surface area contributed by atoms with Gasteiger partial charge < -0.3 is 9.47 Å². The molecule has 0 saturated heterocycles. The van der Waals surface area contributed by atoms with E-state index in [1.165, 1.54) is 97.7 Å². The second-order valence-electron chi connectivity index (χ2n) is 16.6. The Bertz CT molecular complexity index is 3640. The highest BCUT2D eigenvalue weighted by atomic mass is 32.1. The van der Waals surface area contributed by atoms with Crippen LogP contribution < -0.4 is 4.90 Å². The third-order valence-corrected chi connectivity index (χ3v) is 13.9. The van der Waals surface area contributed by atoms with E-state index in [2.05, 4.69) is 253 Å². The van der Waals surface area contributed by atoms with E-state index < -0.39 is 0 Å². The molecule has 0 aliphatic rings. The van der Waals surface area contributed by atoms with Crippen LogP contribution in [0.4, 0.5) is 17.1 Å². The molecule has 0 atom stereocenters. The molecule has 0 radical (unpaired) electrons. The van der Waals surface area contributed by atoms with Crippen LogP contribution in [0.3, 0.4) is 0 Å². The highest BCUT2D eigenvalue weighted by Gasteiger charge is 2.17. The molecule has 0 amide bonds. The van der Waals surface area contributed by atoms with Crippen molar-refractivity contribution in [2.24, 2.45) is 0 Å². The third kappa shape index (κ3) is 7.44. The molecule has 316 valence electrons. The van der Waals surface area contributed by atoms with E-state index in [4.69, 9.17) is 0 Å². The molecule has 0 bridgehead atoms. The minimum absolute atomic E-state index is 1.10.